The highest BCUT2D eigenvalue weighted by atomic mass is 35.5. The number of ether oxygens (including phenoxy) is 2. The molecule has 0 saturated carbocycles. The van der Waals surface area contributed by atoms with Gasteiger partial charge in [-0.3, -0.25) is 9.59 Å². The molecule has 0 bridgehead atoms. The highest BCUT2D eigenvalue weighted by Crippen LogP contribution is 2.42. The van der Waals surface area contributed by atoms with Crippen LogP contribution in [0.4, 0.5) is 0 Å². The van der Waals surface area contributed by atoms with Crippen molar-refractivity contribution in [1.82, 2.24) is 0 Å². The largest absolute Gasteiger partial charge is 0.492 e. The number of hydrogen-bond acceptors (Lipinski definition) is 5. The van der Waals surface area contributed by atoms with Crippen molar-refractivity contribution in [1.29, 1.82) is 0 Å². The first kappa shape index (κ1) is 16.3. The molecule has 0 aliphatic carbocycles. The van der Waals surface area contributed by atoms with Gasteiger partial charge in [0.1, 0.15) is 0 Å². The quantitative estimate of drug-likeness (QED) is 0.748. The molecule has 20 heavy (non-hydrogen) atoms. The molecule has 1 rings (SSSR count). The monoisotopic (exact) mass is 301 g/mol. The minimum atomic E-state index is -0.952. The van der Waals surface area contributed by atoms with Crippen LogP contribution < -0.4 is 15.2 Å². The van der Waals surface area contributed by atoms with Crippen LogP contribution in [0.25, 0.3) is 0 Å². The van der Waals surface area contributed by atoms with Crippen molar-refractivity contribution in [3.8, 4) is 11.5 Å². The zero-order chi connectivity index (χ0) is 15.3. The van der Waals surface area contributed by atoms with E-state index in [4.69, 9.17) is 31.9 Å². The van der Waals surface area contributed by atoms with Gasteiger partial charge in [0.25, 0.3) is 0 Å². The number of methoxy groups -OCH3 is 2. The Bertz CT molecular complexity index is 518. The van der Waals surface area contributed by atoms with E-state index in [0.29, 0.717) is 11.8 Å². The highest BCUT2D eigenvalue weighted by Gasteiger charge is 2.23. The van der Waals surface area contributed by atoms with Crippen LogP contribution in [0, 0.1) is 0 Å². The third kappa shape index (κ3) is 3.40. The van der Waals surface area contributed by atoms with Crippen molar-refractivity contribution < 1.29 is 24.2 Å². The topological polar surface area (TPSA) is 98.9 Å². The van der Waals surface area contributed by atoms with Gasteiger partial charge in [-0.15, -0.1) is 0 Å². The van der Waals surface area contributed by atoms with Crippen molar-refractivity contribution in [2.75, 3.05) is 14.2 Å². The van der Waals surface area contributed by atoms with E-state index in [0.717, 1.165) is 0 Å². The van der Waals surface area contributed by atoms with E-state index in [-0.39, 0.29) is 34.9 Å². The lowest BCUT2D eigenvalue weighted by Crippen LogP contribution is -2.15. The summed E-state index contributed by atoms with van der Waals surface area (Å²) in [5.74, 6) is -0.473. The standard InChI is InChI=1S/C13H16ClNO5/c1-19-12-7(6-16)5-8(14)11(13(12)20-2)9(15)3-4-10(17)18/h5-6,9H,3-4,15H2,1-2H3,(H,17,18). The smallest absolute Gasteiger partial charge is 0.303 e. The molecular formula is C13H16ClNO5. The Labute approximate surface area is 121 Å². The molecule has 0 heterocycles. The van der Waals surface area contributed by atoms with Crippen LogP contribution in [0.1, 0.15) is 34.8 Å². The van der Waals surface area contributed by atoms with Gasteiger partial charge in [-0.05, 0) is 12.5 Å². The van der Waals surface area contributed by atoms with E-state index in [9.17, 15) is 9.59 Å². The van der Waals surface area contributed by atoms with Crippen LogP contribution in [0.15, 0.2) is 6.07 Å². The van der Waals surface area contributed by atoms with Gasteiger partial charge in [0.15, 0.2) is 17.8 Å². The Morgan fingerprint density at radius 2 is 2.05 bits per heavy atom. The zero-order valence-corrected chi connectivity index (χ0v) is 11.9. The molecule has 3 N–H and O–H groups in total. The van der Waals surface area contributed by atoms with Crippen LogP contribution in [0.2, 0.25) is 5.02 Å². The lowest BCUT2D eigenvalue weighted by Gasteiger charge is -2.20. The average Bonchev–Trinajstić information content (AvgIpc) is 2.42. The summed E-state index contributed by atoms with van der Waals surface area (Å²) in [6, 6.07) is 0.787. The molecule has 1 unspecified atom stereocenters. The van der Waals surface area contributed by atoms with Gasteiger partial charge in [-0.1, -0.05) is 11.6 Å². The third-order valence-corrected chi connectivity index (χ3v) is 3.14. The number of halogens is 1. The van der Waals surface area contributed by atoms with Crippen molar-refractivity contribution in [2.24, 2.45) is 5.73 Å². The van der Waals surface area contributed by atoms with Gasteiger partial charge in [0.05, 0.1) is 24.8 Å². The molecule has 0 radical (unpaired) electrons. The van der Waals surface area contributed by atoms with E-state index in [1.165, 1.54) is 20.3 Å². The van der Waals surface area contributed by atoms with E-state index < -0.39 is 12.0 Å². The van der Waals surface area contributed by atoms with Gasteiger partial charge in [0, 0.05) is 18.0 Å². The molecule has 1 aromatic rings. The second-order valence-corrected chi connectivity index (χ2v) is 4.49. The predicted octanol–water partition coefficient (Wildman–Crippen LogP) is 2.03. The maximum absolute atomic E-state index is 11.0. The minimum Gasteiger partial charge on any atom is -0.492 e. The fourth-order valence-electron chi connectivity index (χ4n) is 1.91. The number of hydrogen-bond donors (Lipinski definition) is 2. The first-order valence-electron chi connectivity index (χ1n) is 5.83. The molecular weight excluding hydrogens is 286 g/mol. The van der Waals surface area contributed by atoms with Gasteiger partial charge in [-0.25, -0.2) is 0 Å². The Kier molecular flexibility index (Phi) is 5.79. The Morgan fingerprint density at radius 1 is 1.45 bits per heavy atom. The summed E-state index contributed by atoms with van der Waals surface area (Å²) < 4.78 is 10.4. The zero-order valence-electron chi connectivity index (χ0n) is 11.2. The number of carbonyl (C=O) groups is 2. The van der Waals surface area contributed by atoms with Crippen LogP contribution in [0.5, 0.6) is 11.5 Å². The Balaban J connectivity index is 3.30. The molecule has 0 aliphatic heterocycles. The molecule has 0 aliphatic rings. The fraction of sp³-hybridized carbons (Fsp3) is 0.385. The van der Waals surface area contributed by atoms with Crippen LogP contribution in [-0.2, 0) is 4.79 Å². The Hall–Kier alpha value is -1.79. The average molecular weight is 302 g/mol. The summed E-state index contributed by atoms with van der Waals surface area (Å²) in [5.41, 5.74) is 6.63. The van der Waals surface area contributed by atoms with Gasteiger partial charge in [-0.2, -0.15) is 0 Å². The van der Waals surface area contributed by atoms with Crippen molar-refractivity contribution in [3.05, 3.63) is 22.2 Å². The van der Waals surface area contributed by atoms with E-state index >= 15 is 0 Å². The molecule has 0 aromatic heterocycles. The van der Waals surface area contributed by atoms with E-state index in [2.05, 4.69) is 0 Å². The normalized spacial score (nSPS) is 11.8. The summed E-state index contributed by atoms with van der Waals surface area (Å²) in [6.45, 7) is 0. The van der Waals surface area contributed by atoms with E-state index in [1.54, 1.807) is 0 Å². The number of carboxylic acids is 1. The molecule has 6 nitrogen and oxygen atoms in total. The number of benzene rings is 1. The van der Waals surface area contributed by atoms with Crippen LogP contribution in [-0.4, -0.2) is 31.6 Å². The predicted molar refractivity (Wildman–Crippen MR) is 73.7 cm³/mol. The summed E-state index contributed by atoms with van der Waals surface area (Å²) in [6.07, 6.45) is 0.688. The van der Waals surface area contributed by atoms with Gasteiger partial charge >= 0.3 is 5.97 Å². The summed E-state index contributed by atoms with van der Waals surface area (Å²) in [5, 5.41) is 8.94. The van der Waals surface area contributed by atoms with Crippen LogP contribution in [0.3, 0.4) is 0 Å². The summed E-state index contributed by atoms with van der Waals surface area (Å²) >= 11 is 6.11. The Morgan fingerprint density at radius 3 is 2.50 bits per heavy atom. The second-order valence-electron chi connectivity index (χ2n) is 4.08. The minimum absolute atomic E-state index is 0.0988. The number of nitrogens with two attached hydrogens (primary N) is 1. The highest BCUT2D eigenvalue weighted by molar-refractivity contribution is 6.32. The first-order valence-corrected chi connectivity index (χ1v) is 6.20. The number of aldehydes is 1. The summed E-state index contributed by atoms with van der Waals surface area (Å²) in [4.78, 5) is 21.6. The molecule has 7 heteroatoms. The fourth-order valence-corrected chi connectivity index (χ4v) is 2.25. The number of carboxylic acid groups (broad SMARTS) is 1. The van der Waals surface area contributed by atoms with E-state index in [1.807, 2.05) is 0 Å². The van der Waals surface area contributed by atoms with Crippen LogP contribution >= 0.6 is 11.6 Å². The van der Waals surface area contributed by atoms with Gasteiger partial charge in [0.2, 0.25) is 0 Å². The molecule has 0 spiro atoms. The van der Waals surface area contributed by atoms with Gasteiger partial charge < -0.3 is 20.3 Å². The van der Waals surface area contributed by atoms with Crippen molar-refractivity contribution in [3.63, 3.8) is 0 Å². The maximum Gasteiger partial charge on any atom is 0.303 e. The van der Waals surface area contributed by atoms with Crippen molar-refractivity contribution in [2.45, 2.75) is 18.9 Å². The lowest BCUT2D eigenvalue weighted by atomic mass is 9.99. The number of carbonyl (C=O) groups excluding carboxylic acids is 1. The molecule has 1 atom stereocenters. The lowest BCUT2D eigenvalue weighted by molar-refractivity contribution is -0.137. The summed E-state index contributed by atoms with van der Waals surface area (Å²) in [7, 11) is 2.79. The number of rotatable bonds is 7. The molecule has 0 saturated heterocycles. The third-order valence-electron chi connectivity index (χ3n) is 2.83. The maximum atomic E-state index is 11.0. The first-order chi connectivity index (χ1) is 9.46. The molecule has 1 aromatic carbocycles. The SMILES string of the molecule is COc1c(C=O)cc(Cl)c(C(N)CCC(=O)O)c1OC. The molecule has 0 fully saturated rings. The second kappa shape index (κ2) is 7.12. The van der Waals surface area contributed by atoms with Crippen molar-refractivity contribution >= 4 is 23.9 Å². The molecule has 0 amide bonds. The molecule has 110 valence electrons. The number of aliphatic carboxylic acids is 1.